The minimum absolute atomic E-state index is 0.0264. The molecular formula is C19H18N2O4S2. The number of nitrogens with one attached hydrogen (secondary N) is 1. The minimum Gasteiger partial charge on any atom is -0.478 e. The number of aromatic nitrogens is 1. The number of sulfonamides is 1. The summed E-state index contributed by atoms with van der Waals surface area (Å²) in [5.74, 6) is 0.342. The van der Waals surface area contributed by atoms with Gasteiger partial charge in [-0.25, -0.2) is 13.2 Å². The molecule has 0 radical (unpaired) electrons. The van der Waals surface area contributed by atoms with Crippen LogP contribution in [0.5, 0.6) is 0 Å². The van der Waals surface area contributed by atoms with Gasteiger partial charge in [0.2, 0.25) is 10.0 Å². The van der Waals surface area contributed by atoms with Gasteiger partial charge in [-0.1, -0.05) is 6.07 Å². The average molecular weight is 402 g/mol. The average Bonchev–Trinajstić information content (AvgIpc) is 3.16. The van der Waals surface area contributed by atoms with Crippen LogP contribution in [0.25, 0.3) is 22.0 Å². The summed E-state index contributed by atoms with van der Waals surface area (Å²) in [7, 11) is -3.73. The Labute approximate surface area is 161 Å². The lowest BCUT2D eigenvalue weighted by Gasteiger charge is -2.26. The number of carboxylic acids is 1. The molecule has 0 unspecified atom stereocenters. The van der Waals surface area contributed by atoms with Crippen molar-refractivity contribution in [3.8, 4) is 11.1 Å². The smallest absolute Gasteiger partial charge is 0.335 e. The Hall–Kier alpha value is -2.29. The fourth-order valence-corrected chi connectivity index (χ4v) is 5.85. The number of fused-ring (bicyclic) bond motifs is 1. The van der Waals surface area contributed by atoms with E-state index < -0.39 is 16.0 Å². The summed E-state index contributed by atoms with van der Waals surface area (Å²) >= 11 is 1.72. The molecule has 8 heteroatoms. The molecular weight excluding hydrogens is 384 g/mol. The van der Waals surface area contributed by atoms with Crippen LogP contribution in [0.2, 0.25) is 0 Å². The predicted octanol–water partition coefficient (Wildman–Crippen LogP) is 3.27. The van der Waals surface area contributed by atoms with Crippen molar-refractivity contribution in [2.75, 3.05) is 24.6 Å². The molecule has 1 saturated heterocycles. The summed E-state index contributed by atoms with van der Waals surface area (Å²) in [4.78, 5) is 14.7. The van der Waals surface area contributed by atoms with E-state index in [0.717, 1.165) is 28.0 Å². The number of benzene rings is 2. The third-order valence-electron chi connectivity index (χ3n) is 4.65. The highest BCUT2D eigenvalue weighted by molar-refractivity contribution is 7.99. The number of aromatic amines is 1. The zero-order valence-electron chi connectivity index (χ0n) is 14.4. The van der Waals surface area contributed by atoms with E-state index in [4.69, 9.17) is 0 Å². The van der Waals surface area contributed by atoms with Gasteiger partial charge >= 0.3 is 5.97 Å². The van der Waals surface area contributed by atoms with Crippen LogP contribution in [0.1, 0.15) is 10.4 Å². The molecule has 0 bridgehead atoms. The number of nitrogens with zero attached hydrogens (tertiary/aromatic N) is 1. The molecule has 6 nitrogen and oxygen atoms in total. The topological polar surface area (TPSA) is 90.5 Å². The SMILES string of the molecule is O=C(O)c1cc(-c2ccc3[nH]ccc3c2)cc(S(=O)(=O)N2CCSCC2)c1. The van der Waals surface area contributed by atoms with Gasteiger partial charge in [-0.2, -0.15) is 16.1 Å². The normalized spacial score (nSPS) is 15.9. The first-order chi connectivity index (χ1) is 12.9. The lowest BCUT2D eigenvalue weighted by molar-refractivity contribution is 0.0696. The number of aromatic carboxylic acids is 1. The van der Waals surface area contributed by atoms with Crippen LogP contribution in [0.3, 0.4) is 0 Å². The van der Waals surface area contributed by atoms with Crippen molar-refractivity contribution >= 4 is 38.7 Å². The third-order valence-corrected chi connectivity index (χ3v) is 7.47. The molecule has 2 N–H and O–H groups in total. The Bertz CT molecular complexity index is 1120. The summed E-state index contributed by atoms with van der Waals surface area (Å²) in [6.45, 7) is 0.879. The van der Waals surface area contributed by atoms with E-state index in [1.54, 1.807) is 17.8 Å². The van der Waals surface area contributed by atoms with Crippen LogP contribution in [0.4, 0.5) is 0 Å². The molecule has 2 heterocycles. The number of H-pyrrole nitrogens is 1. The van der Waals surface area contributed by atoms with Gasteiger partial charge in [0.1, 0.15) is 0 Å². The first kappa shape index (κ1) is 18.1. The lowest BCUT2D eigenvalue weighted by atomic mass is 10.0. The second-order valence-corrected chi connectivity index (χ2v) is 9.51. The van der Waals surface area contributed by atoms with E-state index in [1.165, 1.54) is 16.4 Å². The number of rotatable bonds is 4. The first-order valence-electron chi connectivity index (χ1n) is 8.49. The van der Waals surface area contributed by atoms with Gasteiger partial charge in [0, 0.05) is 36.3 Å². The Morgan fingerprint density at radius 3 is 2.56 bits per heavy atom. The first-order valence-corrected chi connectivity index (χ1v) is 11.1. The summed E-state index contributed by atoms with van der Waals surface area (Å²) < 4.78 is 27.5. The Kier molecular flexibility index (Phi) is 4.71. The van der Waals surface area contributed by atoms with Crippen molar-refractivity contribution in [1.82, 2.24) is 9.29 Å². The van der Waals surface area contributed by atoms with E-state index in [2.05, 4.69) is 4.98 Å². The van der Waals surface area contributed by atoms with Crippen LogP contribution in [0, 0.1) is 0 Å². The highest BCUT2D eigenvalue weighted by atomic mass is 32.2. The van der Waals surface area contributed by atoms with E-state index in [1.807, 2.05) is 30.5 Å². The van der Waals surface area contributed by atoms with Crippen LogP contribution < -0.4 is 0 Å². The largest absolute Gasteiger partial charge is 0.478 e. The number of hydrogen-bond acceptors (Lipinski definition) is 4. The molecule has 0 atom stereocenters. The van der Waals surface area contributed by atoms with Crippen LogP contribution in [-0.4, -0.2) is 53.4 Å². The summed E-state index contributed by atoms with van der Waals surface area (Å²) in [5, 5.41) is 10.5. The second kappa shape index (κ2) is 7.03. The standard InChI is InChI=1S/C19H18N2O4S2/c22-19(23)16-10-15(13-1-2-18-14(9-13)3-4-20-18)11-17(12-16)27(24,25)21-5-7-26-8-6-21/h1-4,9-12,20H,5-8H2,(H,22,23). The quantitative estimate of drug-likeness (QED) is 0.699. The van der Waals surface area contributed by atoms with E-state index >= 15 is 0 Å². The molecule has 3 aromatic rings. The molecule has 27 heavy (non-hydrogen) atoms. The predicted molar refractivity (Wildman–Crippen MR) is 107 cm³/mol. The number of thioether (sulfide) groups is 1. The number of carboxylic acid groups (broad SMARTS) is 1. The van der Waals surface area contributed by atoms with E-state index in [9.17, 15) is 18.3 Å². The zero-order chi connectivity index (χ0) is 19.0. The summed E-state index contributed by atoms with van der Waals surface area (Å²) in [6.07, 6.45) is 1.83. The van der Waals surface area contributed by atoms with Crippen LogP contribution >= 0.6 is 11.8 Å². The van der Waals surface area contributed by atoms with Crippen molar-refractivity contribution in [3.63, 3.8) is 0 Å². The molecule has 0 amide bonds. The van der Waals surface area contributed by atoms with Crippen molar-refractivity contribution in [3.05, 3.63) is 54.2 Å². The molecule has 1 aromatic heterocycles. The van der Waals surface area contributed by atoms with Crippen molar-refractivity contribution in [1.29, 1.82) is 0 Å². The monoisotopic (exact) mass is 402 g/mol. The van der Waals surface area contributed by atoms with Gasteiger partial charge in [-0.3, -0.25) is 0 Å². The number of carbonyl (C=O) groups is 1. The summed E-state index contributed by atoms with van der Waals surface area (Å²) in [6, 6.07) is 11.9. The molecule has 2 aromatic carbocycles. The molecule has 1 aliphatic heterocycles. The zero-order valence-corrected chi connectivity index (χ0v) is 16.0. The van der Waals surface area contributed by atoms with E-state index in [0.29, 0.717) is 18.7 Å². The van der Waals surface area contributed by atoms with Gasteiger partial charge in [0.05, 0.1) is 10.5 Å². The van der Waals surface area contributed by atoms with Gasteiger partial charge < -0.3 is 10.1 Å². The van der Waals surface area contributed by atoms with Crippen LogP contribution in [-0.2, 0) is 10.0 Å². The molecule has 0 aliphatic carbocycles. The lowest BCUT2D eigenvalue weighted by Crippen LogP contribution is -2.37. The van der Waals surface area contributed by atoms with E-state index in [-0.39, 0.29) is 10.5 Å². The highest BCUT2D eigenvalue weighted by Crippen LogP contribution is 2.29. The van der Waals surface area contributed by atoms with Crippen LogP contribution in [0.15, 0.2) is 53.6 Å². The van der Waals surface area contributed by atoms with Gasteiger partial charge in [0.15, 0.2) is 0 Å². The third kappa shape index (κ3) is 3.47. The van der Waals surface area contributed by atoms with Crippen molar-refractivity contribution in [2.45, 2.75) is 4.90 Å². The highest BCUT2D eigenvalue weighted by Gasteiger charge is 2.27. The molecule has 4 rings (SSSR count). The number of hydrogen-bond donors (Lipinski definition) is 2. The van der Waals surface area contributed by atoms with Gasteiger partial charge in [0.25, 0.3) is 0 Å². The van der Waals surface area contributed by atoms with Gasteiger partial charge in [-0.05, 0) is 52.9 Å². The fraction of sp³-hybridized carbons (Fsp3) is 0.211. The summed E-state index contributed by atoms with van der Waals surface area (Å²) in [5.41, 5.74) is 2.28. The molecule has 0 saturated carbocycles. The maximum Gasteiger partial charge on any atom is 0.335 e. The fourth-order valence-electron chi connectivity index (χ4n) is 3.21. The molecule has 1 aliphatic rings. The Balaban J connectivity index is 1.84. The van der Waals surface area contributed by atoms with Gasteiger partial charge in [-0.15, -0.1) is 0 Å². The second-order valence-electron chi connectivity index (χ2n) is 6.35. The molecule has 1 fully saturated rings. The van der Waals surface area contributed by atoms with Crippen molar-refractivity contribution < 1.29 is 18.3 Å². The Morgan fingerprint density at radius 1 is 1.04 bits per heavy atom. The minimum atomic E-state index is -3.73. The Morgan fingerprint density at radius 2 is 1.81 bits per heavy atom. The van der Waals surface area contributed by atoms with Crippen molar-refractivity contribution in [2.24, 2.45) is 0 Å². The maximum absolute atomic E-state index is 13.0. The maximum atomic E-state index is 13.0. The molecule has 0 spiro atoms. The molecule has 140 valence electrons.